The zero-order valence-corrected chi connectivity index (χ0v) is 9.52. The molecule has 0 amide bonds. The number of carbonyl (C=O) groups is 1. The first-order valence-electron chi connectivity index (χ1n) is 5.75. The van der Waals surface area contributed by atoms with E-state index >= 15 is 0 Å². The van der Waals surface area contributed by atoms with Crippen molar-refractivity contribution in [1.29, 1.82) is 0 Å². The van der Waals surface area contributed by atoms with E-state index in [0.717, 1.165) is 12.8 Å². The fraction of sp³-hybridized carbons (Fsp3) is 0.462. The quantitative estimate of drug-likeness (QED) is 0.848. The van der Waals surface area contributed by atoms with Crippen LogP contribution >= 0.6 is 0 Å². The summed E-state index contributed by atoms with van der Waals surface area (Å²) in [5.74, 6) is -0.727. The van der Waals surface area contributed by atoms with Crippen molar-refractivity contribution < 1.29 is 9.90 Å². The predicted octanol–water partition coefficient (Wildman–Crippen LogP) is 2.30. The molecule has 1 aromatic rings. The minimum absolute atomic E-state index is 0.207. The minimum atomic E-state index is -0.727. The third-order valence-corrected chi connectivity index (χ3v) is 3.23. The normalized spacial score (nSPS) is 19.3. The Kier molecular flexibility index (Phi) is 3.13. The number of carboxylic acids is 1. The molecule has 0 fully saturated rings. The molecule has 1 aliphatic rings. The average molecular weight is 219 g/mol. The van der Waals surface area contributed by atoms with Crippen LogP contribution in [0.5, 0.6) is 0 Å². The molecule has 0 unspecified atom stereocenters. The smallest absolute Gasteiger partial charge is 0.305 e. The molecule has 0 aliphatic carbocycles. The number of benzene rings is 1. The van der Waals surface area contributed by atoms with Crippen molar-refractivity contribution >= 4 is 11.7 Å². The number of hydrogen-bond acceptors (Lipinski definition) is 2. The van der Waals surface area contributed by atoms with Gasteiger partial charge in [0.05, 0.1) is 6.42 Å². The van der Waals surface area contributed by atoms with Gasteiger partial charge in [0.2, 0.25) is 0 Å². The second kappa shape index (κ2) is 4.56. The van der Waals surface area contributed by atoms with Crippen molar-refractivity contribution in [1.82, 2.24) is 0 Å². The largest absolute Gasteiger partial charge is 0.481 e. The van der Waals surface area contributed by atoms with Crippen LogP contribution in [0.25, 0.3) is 0 Å². The molecule has 2 rings (SSSR count). The molecule has 86 valence electrons. The molecular formula is C13H17NO2. The van der Waals surface area contributed by atoms with Crippen molar-refractivity contribution in [3.63, 3.8) is 0 Å². The Morgan fingerprint density at radius 3 is 3.00 bits per heavy atom. The number of nitrogens with zero attached hydrogens (tertiary/aromatic N) is 1. The third kappa shape index (κ3) is 2.18. The summed E-state index contributed by atoms with van der Waals surface area (Å²) < 4.78 is 0. The Morgan fingerprint density at radius 2 is 2.25 bits per heavy atom. The average Bonchev–Trinajstić information content (AvgIpc) is 2.27. The Balaban J connectivity index is 2.19. The summed E-state index contributed by atoms with van der Waals surface area (Å²) in [5.41, 5.74) is 2.55. The highest BCUT2D eigenvalue weighted by Crippen LogP contribution is 2.30. The molecule has 0 spiro atoms. The number of para-hydroxylation sites is 1. The standard InChI is InChI=1S/C13H17NO2/c1-10-6-7-11-4-2-3-5-12(11)14(10)9-8-13(15)16/h2-5,10H,6-9H2,1H3,(H,15,16)/t10-/m1/s1. The number of hydrogen-bond donors (Lipinski definition) is 1. The summed E-state index contributed by atoms with van der Waals surface area (Å²) in [7, 11) is 0. The summed E-state index contributed by atoms with van der Waals surface area (Å²) in [6.45, 7) is 2.77. The maximum atomic E-state index is 10.6. The monoisotopic (exact) mass is 219 g/mol. The fourth-order valence-electron chi connectivity index (χ4n) is 2.32. The van der Waals surface area contributed by atoms with Crippen molar-refractivity contribution in [3.05, 3.63) is 29.8 Å². The molecule has 1 aromatic carbocycles. The second-order valence-corrected chi connectivity index (χ2v) is 4.35. The highest BCUT2D eigenvalue weighted by molar-refractivity contribution is 5.68. The Hall–Kier alpha value is -1.51. The van der Waals surface area contributed by atoms with Gasteiger partial charge in [-0.2, -0.15) is 0 Å². The molecule has 3 heteroatoms. The van der Waals surface area contributed by atoms with Crippen LogP contribution < -0.4 is 4.90 Å². The van der Waals surface area contributed by atoms with E-state index in [2.05, 4.69) is 24.0 Å². The summed E-state index contributed by atoms with van der Waals surface area (Å²) in [6.07, 6.45) is 2.41. The first kappa shape index (κ1) is 11.0. The minimum Gasteiger partial charge on any atom is -0.481 e. The zero-order valence-electron chi connectivity index (χ0n) is 9.52. The Morgan fingerprint density at radius 1 is 1.50 bits per heavy atom. The van der Waals surface area contributed by atoms with Gasteiger partial charge in [-0.1, -0.05) is 18.2 Å². The highest BCUT2D eigenvalue weighted by Gasteiger charge is 2.22. The molecule has 0 radical (unpaired) electrons. The van der Waals surface area contributed by atoms with E-state index in [9.17, 15) is 4.79 Å². The van der Waals surface area contributed by atoms with Gasteiger partial charge in [0.1, 0.15) is 0 Å². The maximum Gasteiger partial charge on any atom is 0.305 e. The first-order chi connectivity index (χ1) is 7.68. The summed E-state index contributed by atoms with van der Waals surface area (Å²) >= 11 is 0. The van der Waals surface area contributed by atoms with Gasteiger partial charge in [-0.15, -0.1) is 0 Å². The van der Waals surface area contributed by atoms with Gasteiger partial charge in [0.15, 0.2) is 0 Å². The van der Waals surface area contributed by atoms with Crippen LogP contribution in [0, 0.1) is 0 Å². The van der Waals surface area contributed by atoms with Crippen molar-refractivity contribution in [3.8, 4) is 0 Å². The van der Waals surface area contributed by atoms with Crippen molar-refractivity contribution in [2.24, 2.45) is 0 Å². The molecule has 1 heterocycles. The van der Waals surface area contributed by atoms with Crippen molar-refractivity contribution in [2.75, 3.05) is 11.4 Å². The lowest BCUT2D eigenvalue weighted by molar-refractivity contribution is -0.136. The number of rotatable bonds is 3. The Labute approximate surface area is 95.7 Å². The fourth-order valence-corrected chi connectivity index (χ4v) is 2.32. The lowest BCUT2D eigenvalue weighted by atomic mass is 9.96. The lowest BCUT2D eigenvalue weighted by Crippen LogP contribution is -2.38. The van der Waals surface area contributed by atoms with E-state index in [-0.39, 0.29) is 6.42 Å². The number of aryl methyl sites for hydroxylation is 1. The number of fused-ring (bicyclic) bond motifs is 1. The second-order valence-electron chi connectivity index (χ2n) is 4.35. The molecule has 1 aliphatic heterocycles. The SMILES string of the molecule is C[C@@H]1CCc2ccccc2N1CCC(=O)O. The van der Waals surface area contributed by atoms with Gasteiger partial charge < -0.3 is 10.0 Å². The van der Waals surface area contributed by atoms with Crippen LogP contribution in [0.2, 0.25) is 0 Å². The highest BCUT2D eigenvalue weighted by atomic mass is 16.4. The van der Waals surface area contributed by atoms with Crippen LogP contribution in [0.3, 0.4) is 0 Å². The molecule has 3 nitrogen and oxygen atoms in total. The van der Waals surface area contributed by atoms with Gasteiger partial charge in [-0.3, -0.25) is 4.79 Å². The van der Waals surface area contributed by atoms with Crippen molar-refractivity contribution in [2.45, 2.75) is 32.2 Å². The van der Waals surface area contributed by atoms with Crippen LogP contribution in [0.15, 0.2) is 24.3 Å². The van der Waals surface area contributed by atoms with Crippen LogP contribution in [-0.4, -0.2) is 23.7 Å². The van der Waals surface area contributed by atoms with Crippen LogP contribution in [0.4, 0.5) is 5.69 Å². The molecule has 0 saturated heterocycles. The van der Waals surface area contributed by atoms with E-state index in [1.54, 1.807) is 0 Å². The number of carboxylic acid groups (broad SMARTS) is 1. The predicted molar refractivity (Wildman–Crippen MR) is 63.8 cm³/mol. The van der Waals surface area contributed by atoms with Gasteiger partial charge in [0.25, 0.3) is 0 Å². The molecular weight excluding hydrogens is 202 g/mol. The molecule has 1 N–H and O–H groups in total. The van der Waals surface area contributed by atoms with Gasteiger partial charge >= 0.3 is 5.97 Å². The lowest BCUT2D eigenvalue weighted by Gasteiger charge is -2.36. The van der Waals surface area contributed by atoms with E-state index in [0.29, 0.717) is 12.6 Å². The van der Waals surface area contributed by atoms with E-state index in [1.807, 2.05) is 12.1 Å². The van der Waals surface area contributed by atoms with Gasteiger partial charge in [-0.05, 0) is 31.4 Å². The molecule has 16 heavy (non-hydrogen) atoms. The molecule has 1 atom stereocenters. The number of anilines is 1. The van der Waals surface area contributed by atoms with E-state index in [1.165, 1.54) is 11.3 Å². The van der Waals surface area contributed by atoms with Crippen LogP contribution in [0.1, 0.15) is 25.3 Å². The zero-order chi connectivity index (χ0) is 11.5. The van der Waals surface area contributed by atoms with Gasteiger partial charge in [-0.25, -0.2) is 0 Å². The summed E-state index contributed by atoms with van der Waals surface area (Å²) in [6, 6.07) is 8.73. The van der Waals surface area contributed by atoms with Crippen LogP contribution in [-0.2, 0) is 11.2 Å². The first-order valence-corrected chi connectivity index (χ1v) is 5.75. The third-order valence-electron chi connectivity index (χ3n) is 3.23. The van der Waals surface area contributed by atoms with E-state index < -0.39 is 5.97 Å². The van der Waals surface area contributed by atoms with E-state index in [4.69, 9.17) is 5.11 Å². The molecule has 0 aromatic heterocycles. The van der Waals surface area contributed by atoms with Gasteiger partial charge in [0, 0.05) is 18.3 Å². The topological polar surface area (TPSA) is 40.5 Å². The maximum absolute atomic E-state index is 10.6. The molecule has 0 saturated carbocycles. The molecule has 0 bridgehead atoms. The number of aliphatic carboxylic acids is 1. The summed E-state index contributed by atoms with van der Waals surface area (Å²) in [4.78, 5) is 12.8. The Bertz CT molecular complexity index is 389. The summed E-state index contributed by atoms with van der Waals surface area (Å²) in [5, 5.41) is 8.75.